The number of ketones is 1. The second kappa shape index (κ2) is 7.90. The number of carbonyl (C=O) groups is 2. The number of hydrogen-bond acceptors (Lipinski definition) is 3. The van der Waals surface area contributed by atoms with Gasteiger partial charge in [-0.3, -0.25) is 9.59 Å². The van der Waals surface area contributed by atoms with E-state index >= 15 is 0 Å². The van der Waals surface area contributed by atoms with E-state index in [4.69, 9.17) is 4.74 Å². The fourth-order valence-electron chi connectivity index (χ4n) is 2.19. The molecule has 1 unspecified atom stereocenters. The molecule has 114 valence electrons. The predicted molar refractivity (Wildman–Crippen MR) is 88.7 cm³/mol. The second-order valence-electron chi connectivity index (χ2n) is 4.87. The maximum Gasteiger partial charge on any atom is 0.317 e. The normalized spacial score (nSPS) is 11.7. The third-order valence-electron chi connectivity index (χ3n) is 3.30. The summed E-state index contributed by atoms with van der Waals surface area (Å²) >= 11 is 3.37. The molecule has 2 aromatic rings. The maximum atomic E-state index is 12.6. The number of carbonyl (C=O) groups excluding carboxylic acids is 2. The number of Topliss-reactive ketones (excluding diaryl/α,β-unsaturated/α-hetero) is 1. The Morgan fingerprint density at radius 3 is 2.27 bits per heavy atom. The minimum absolute atomic E-state index is 0.207. The van der Waals surface area contributed by atoms with E-state index in [2.05, 4.69) is 15.9 Å². The molecule has 0 spiro atoms. The maximum absolute atomic E-state index is 12.6. The van der Waals surface area contributed by atoms with Gasteiger partial charge in [-0.25, -0.2) is 0 Å². The molecular formula is C18H17BrO3. The first-order valence-corrected chi connectivity index (χ1v) is 7.91. The van der Waals surface area contributed by atoms with Gasteiger partial charge in [-0.1, -0.05) is 58.4 Å². The van der Waals surface area contributed by atoms with Gasteiger partial charge in [-0.2, -0.15) is 0 Å². The molecule has 2 aromatic carbocycles. The Kier molecular flexibility index (Phi) is 5.90. The summed E-state index contributed by atoms with van der Waals surface area (Å²) in [7, 11) is 0. The van der Waals surface area contributed by atoms with Crippen LogP contribution in [0.25, 0.3) is 0 Å². The van der Waals surface area contributed by atoms with Crippen LogP contribution in [-0.2, 0) is 16.0 Å². The average molecular weight is 361 g/mol. The highest BCUT2D eigenvalue weighted by Crippen LogP contribution is 2.18. The number of esters is 1. The molecule has 0 aliphatic heterocycles. The van der Waals surface area contributed by atoms with Crippen LogP contribution in [0.4, 0.5) is 0 Å². The molecule has 0 saturated heterocycles. The summed E-state index contributed by atoms with van der Waals surface area (Å²) in [5, 5.41) is 0. The third kappa shape index (κ3) is 4.28. The summed E-state index contributed by atoms with van der Waals surface area (Å²) < 4.78 is 6.03. The van der Waals surface area contributed by atoms with E-state index in [0.29, 0.717) is 12.0 Å². The highest BCUT2D eigenvalue weighted by molar-refractivity contribution is 9.10. The van der Waals surface area contributed by atoms with Crippen molar-refractivity contribution in [2.75, 3.05) is 6.61 Å². The molecule has 0 bridgehead atoms. The van der Waals surface area contributed by atoms with Gasteiger partial charge in [0.15, 0.2) is 5.78 Å². The van der Waals surface area contributed by atoms with Crippen molar-refractivity contribution >= 4 is 27.7 Å². The van der Waals surface area contributed by atoms with E-state index in [1.165, 1.54) is 0 Å². The van der Waals surface area contributed by atoms with Crippen LogP contribution in [0.3, 0.4) is 0 Å². The molecule has 0 amide bonds. The van der Waals surface area contributed by atoms with Crippen LogP contribution in [-0.4, -0.2) is 18.4 Å². The van der Waals surface area contributed by atoms with Gasteiger partial charge in [0.2, 0.25) is 0 Å². The first kappa shape index (κ1) is 16.4. The van der Waals surface area contributed by atoms with Crippen molar-refractivity contribution in [3.05, 3.63) is 70.2 Å². The van der Waals surface area contributed by atoms with E-state index in [0.717, 1.165) is 10.0 Å². The molecule has 4 heteroatoms. The fourth-order valence-corrected chi connectivity index (χ4v) is 2.45. The molecular weight excluding hydrogens is 344 g/mol. The standard InChI is InChI=1S/C18H17BrO3/c1-2-22-18(21)16(12-13-8-10-15(19)11-9-13)17(20)14-6-4-3-5-7-14/h3-11,16H,2,12H2,1H3. The highest BCUT2D eigenvalue weighted by atomic mass is 79.9. The Morgan fingerprint density at radius 1 is 1.05 bits per heavy atom. The average Bonchev–Trinajstić information content (AvgIpc) is 2.54. The number of halogens is 1. The second-order valence-corrected chi connectivity index (χ2v) is 5.78. The van der Waals surface area contributed by atoms with E-state index in [9.17, 15) is 9.59 Å². The zero-order valence-electron chi connectivity index (χ0n) is 12.3. The van der Waals surface area contributed by atoms with Gasteiger partial charge < -0.3 is 4.74 Å². The Hall–Kier alpha value is -1.94. The SMILES string of the molecule is CCOC(=O)C(Cc1ccc(Br)cc1)C(=O)c1ccccc1. The molecule has 2 rings (SSSR count). The summed E-state index contributed by atoms with van der Waals surface area (Å²) in [5.41, 5.74) is 1.45. The highest BCUT2D eigenvalue weighted by Gasteiger charge is 2.29. The van der Waals surface area contributed by atoms with Crippen molar-refractivity contribution < 1.29 is 14.3 Å². The lowest BCUT2D eigenvalue weighted by Gasteiger charge is -2.15. The van der Waals surface area contributed by atoms with E-state index < -0.39 is 11.9 Å². The van der Waals surface area contributed by atoms with Gasteiger partial charge in [0.25, 0.3) is 0 Å². The smallest absolute Gasteiger partial charge is 0.317 e. The van der Waals surface area contributed by atoms with Crippen LogP contribution >= 0.6 is 15.9 Å². The molecule has 0 aliphatic carbocycles. The molecule has 0 aliphatic rings. The van der Waals surface area contributed by atoms with Crippen molar-refractivity contribution in [3.63, 3.8) is 0 Å². The van der Waals surface area contributed by atoms with Crippen LogP contribution < -0.4 is 0 Å². The molecule has 22 heavy (non-hydrogen) atoms. The van der Waals surface area contributed by atoms with Crippen LogP contribution in [0.5, 0.6) is 0 Å². The minimum atomic E-state index is -0.816. The number of ether oxygens (including phenoxy) is 1. The van der Waals surface area contributed by atoms with Gasteiger partial charge in [0.05, 0.1) is 6.61 Å². The first-order valence-electron chi connectivity index (χ1n) is 7.12. The van der Waals surface area contributed by atoms with Crippen molar-refractivity contribution in [1.29, 1.82) is 0 Å². The lowest BCUT2D eigenvalue weighted by molar-refractivity contribution is -0.146. The predicted octanol–water partition coefficient (Wildman–Crippen LogP) is 4.05. The van der Waals surface area contributed by atoms with Crippen LogP contribution in [0.2, 0.25) is 0 Å². The minimum Gasteiger partial charge on any atom is -0.465 e. The van der Waals surface area contributed by atoms with Gasteiger partial charge in [0.1, 0.15) is 5.92 Å². The van der Waals surface area contributed by atoms with Crippen LogP contribution in [0.15, 0.2) is 59.1 Å². The molecule has 0 saturated carbocycles. The Morgan fingerprint density at radius 2 is 1.68 bits per heavy atom. The Balaban J connectivity index is 2.24. The molecule has 0 heterocycles. The molecule has 0 fully saturated rings. The van der Waals surface area contributed by atoms with Gasteiger partial charge >= 0.3 is 5.97 Å². The quantitative estimate of drug-likeness (QED) is 0.443. The number of rotatable bonds is 6. The van der Waals surface area contributed by atoms with E-state index in [-0.39, 0.29) is 12.4 Å². The van der Waals surface area contributed by atoms with Crippen molar-refractivity contribution in [2.45, 2.75) is 13.3 Å². The molecule has 1 atom stereocenters. The summed E-state index contributed by atoms with van der Waals surface area (Å²) in [5.74, 6) is -1.50. The van der Waals surface area contributed by atoms with Crippen molar-refractivity contribution in [1.82, 2.24) is 0 Å². The van der Waals surface area contributed by atoms with Crippen molar-refractivity contribution in [3.8, 4) is 0 Å². The van der Waals surface area contributed by atoms with Gasteiger partial charge in [-0.05, 0) is 31.0 Å². The molecule has 0 aromatic heterocycles. The number of benzene rings is 2. The van der Waals surface area contributed by atoms with Crippen molar-refractivity contribution in [2.24, 2.45) is 5.92 Å². The lowest BCUT2D eigenvalue weighted by Crippen LogP contribution is -2.28. The third-order valence-corrected chi connectivity index (χ3v) is 3.83. The summed E-state index contributed by atoms with van der Waals surface area (Å²) in [6.45, 7) is 2.00. The number of hydrogen-bond donors (Lipinski definition) is 0. The first-order chi connectivity index (χ1) is 10.6. The summed E-state index contributed by atoms with van der Waals surface area (Å²) in [4.78, 5) is 24.8. The van der Waals surface area contributed by atoms with Gasteiger partial charge in [0, 0.05) is 10.0 Å². The zero-order valence-corrected chi connectivity index (χ0v) is 13.9. The monoisotopic (exact) mass is 360 g/mol. The molecule has 0 N–H and O–H groups in total. The van der Waals surface area contributed by atoms with Crippen LogP contribution in [0, 0.1) is 5.92 Å². The lowest BCUT2D eigenvalue weighted by atomic mass is 9.91. The zero-order chi connectivity index (χ0) is 15.9. The molecule has 0 radical (unpaired) electrons. The largest absolute Gasteiger partial charge is 0.465 e. The van der Waals surface area contributed by atoms with E-state index in [1.807, 2.05) is 30.3 Å². The van der Waals surface area contributed by atoms with E-state index in [1.54, 1.807) is 31.2 Å². The van der Waals surface area contributed by atoms with Gasteiger partial charge in [-0.15, -0.1) is 0 Å². The molecule has 3 nitrogen and oxygen atoms in total. The summed E-state index contributed by atoms with van der Waals surface area (Å²) in [6.07, 6.45) is 0.333. The summed E-state index contributed by atoms with van der Waals surface area (Å²) in [6, 6.07) is 16.4. The Labute approximate surface area is 138 Å². The fraction of sp³-hybridized carbons (Fsp3) is 0.222. The topological polar surface area (TPSA) is 43.4 Å². The Bertz CT molecular complexity index is 635. The van der Waals surface area contributed by atoms with Crippen LogP contribution in [0.1, 0.15) is 22.8 Å².